The Morgan fingerprint density at radius 1 is 1.08 bits per heavy atom. The Bertz CT molecular complexity index is 1450. The zero-order valence-electron chi connectivity index (χ0n) is 18.6. The standard InChI is InChI=1S/C22H16Cl3F3N4O4/c1-21(2)34-9-11(35-21)8-33-17-5-13(23)12(4-14(17)24)18-30-20(36-31-18)16-7-32-6-10(22(26,27)28)3-15(25)19(32)29-16/h3-7,11H,8-9H2,1-2H3/t11-/m1/s1. The van der Waals surface area contributed by atoms with Crippen LogP contribution in [0.3, 0.4) is 0 Å². The van der Waals surface area contributed by atoms with Gasteiger partial charge in [0, 0.05) is 24.0 Å². The van der Waals surface area contributed by atoms with Gasteiger partial charge in [0.05, 0.1) is 27.2 Å². The number of hydrogen-bond donors (Lipinski definition) is 0. The first-order valence-electron chi connectivity index (χ1n) is 10.4. The third-order valence-corrected chi connectivity index (χ3v) is 6.12. The van der Waals surface area contributed by atoms with Crippen molar-refractivity contribution in [2.75, 3.05) is 13.2 Å². The maximum absolute atomic E-state index is 13.1. The Labute approximate surface area is 216 Å². The summed E-state index contributed by atoms with van der Waals surface area (Å²) in [6.07, 6.45) is -2.66. The van der Waals surface area contributed by atoms with Crippen LogP contribution in [-0.2, 0) is 15.7 Å². The van der Waals surface area contributed by atoms with Crippen LogP contribution in [0.5, 0.6) is 5.75 Å². The van der Waals surface area contributed by atoms with Crippen molar-refractivity contribution < 1.29 is 31.9 Å². The Kier molecular flexibility index (Phi) is 6.32. The predicted molar refractivity (Wildman–Crippen MR) is 124 cm³/mol. The normalized spacial score (nSPS) is 17.7. The number of pyridine rings is 1. The van der Waals surface area contributed by atoms with Gasteiger partial charge in [-0.1, -0.05) is 40.0 Å². The smallest absolute Gasteiger partial charge is 0.417 e. The van der Waals surface area contributed by atoms with Crippen LogP contribution in [-0.4, -0.2) is 44.6 Å². The van der Waals surface area contributed by atoms with Gasteiger partial charge in [0.25, 0.3) is 5.89 Å². The highest BCUT2D eigenvalue weighted by atomic mass is 35.5. The fourth-order valence-corrected chi connectivity index (χ4v) is 4.30. The van der Waals surface area contributed by atoms with Gasteiger partial charge in [-0.05, 0) is 26.0 Å². The first kappa shape index (κ1) is 25.1. The van der Waals surface area contributed by atoms with Gasteiger partial charge >= 0.3 is 6.18 Å². The van der Waals surface area contributed by atoms with Crippen molar-refractivity contribution in [3.63, 3.8) is 0 Å². The molecule has 1 saturated heterocycles. The monoisotopic (exact) mass is 562 g/mol. The molecule has 1 aliphatic heterocycles. The summed E-state index contributed by atoms with van der Waals surface area (Å²) < 4.78 is 62.6. The highest BCUT2D eigenvalue weighted by Crippen LogP contribution is 2.37. The fraction of sp³-hybridized carbons (Fsp3) is 0.318. The zero-order valence-corrected chi connectivity index (χ0v) is 20.8. The summed E-state index contributed by atoms with van der Waals surface area (Å²) >= 11 is 18.8. The summed E-state index contributed by atoms with van der Waals surface area (Å²) in [5.74, 6) is -0.302. The quantitative estimate of drug-likeness (QED) is 0.272. The molecule has 0 N–H and O–H groups in total. The first-order chi connectivity index (χ1) is 16.9. The molecular weight excluding hydrogens is 548 g/mol. The molecule has 0 unspecified atom stereocenters. The second-order valence-electron chi connectivity index (χ2n) is 8.38. The third kappa shape index (κ3) is 4.98. The van der Waals surface area contributed by atoms with Crippen molar-refractivity contribution in [1.82, 2.24) is 19.5 Å². The summed E-state index contributed by atoms with van der Waals surface area (Å²) in [7, 11) is 0. The topological polar surface area (TPSA) is 83.9 Å². The summed E-state index contributed by atoms with van der Waals surface area (Å²) in [6, 6.07) is 3.82. The number of halogens is 6. The SMILES string of the molecule is CC1(C)OC[C@@H](COc2cc(Cl)c(-c3noc(-c4cn5cc(C(F)(F)F)cc(Cl)c5n4)n3)cc2Cl)O1. The first-order valence-corrected chi connectivity index (χ1v) is 11.6. The average molecular weight is 564 g/mol. The molecule has 1 fully saturated rings. The maximum Gasteiger partial charge on any atom is 0.417 e. The molecule has 1 aromatic carbocycles. The molecule has 1 atom stereocenters. The van der Waals surface area contributed by atoms with E-state index in [9.17, 15) is 13.2 Å². The van der Waals surface area contributed by atoms with Gasteiger partial charge in [-0.3, -0.25) is 0 Å². The second-order valence-corrected chi connectivity index (χ2v) is 9.60. The lowest BCUT2D eigenvalue weighted by atomic mass is 10.2. The molecule has 0 amide bonds. The number of nitrogens with zero attached hydrogens (tertiary/aromatic N) is 4. The van der Waals surface area contributed by atoms with E-state index in [1.165, 1.54) is 18.3 Å². The summed E-state index contributed by atoms with van der Waals surface area (Å²) in [6.45, 7) is 4.21. The molecule has 36 heavy (non-hydrogen) atoms. The lowest BCUT2D eigenvalue weighted by Gasteiger charge is -2.17. The Morgan fingerprint density at radius 2 is 1.86 bits per heavy atom. The molecule has 3 aromatic heterocycles. The number of alkyl halides is 3. The van der Waals surface area contributed by atoms with Crippen molar-refractivity contribution in [2.24, 2.45) is 0 Å². The van der Waals surface area contributed by atoms with Gasteiger partial charge in [0.2, 0.25) is 5.82 Å². The molecular formula is C22H16Cl3F3N4O4. The molecule has 8 nitrogen and oxygen atoms in total. The number of hydrogen-bond acceptors (Lipinski definition) is 7. The average Bonchev–Trinajstić information content (AvgIpc) is 3.51. The van der Waals surface area contributed by atoms with E-state index in [2.05, 4.69) is 15.1 Å². The molecule has 0 spiro atoms. The van der Waals surface area contributed by atoms with Gasteiger partial charge in [0.15, 0.2) is 11.4 Å². The molecule has 0 aliphatic carbocycles. The highest BCUT2D eigenvalue weighted by Gasteiger charge is 2.33. The van der Waals surface area contributed by atoms with Gasteiger partial charge in [0.1, 0.15) is 24.2 Å². The van der Waals surface area contributed by atoms with Crippen LogP contribution in [0, 0.1) is 0 Å². The van der Waals surface area contributed by atoms with Crippen LogP contribution >= 0.6 is 34.8 Å². The van der Waals surface area contributed by atoms with Gasteiger partial charge in [-0.15, -0.1) is 0 Å². The van der Waals surface area contributed by atoms with Crippen molar-refractivity contribution in [3.05, 3.63) is 51.2 Å². The van der Waals surface area contributed by atoms with E-state index in [-0.39, 0.29) is 50.8 Å². The van der Waals surface area contributed by atoms with Gasteiger partial charge in [-0.25, -0.2) is 4.98 Å². The maximum atomic E-state index is 13.1. The van der Waals surface area contributed by atoms with Crippen molar-refractivity contribution >= 4 is 40.4 Å². The molecule has 4 aromatic rings. The molecule has 1 aliphatic rings. The molecule has 0 saturated carbocycles. The molecule has 190 valence electrons. The Morgan fingerprint density at radius 3 is 2.56 bits per heavy atom. The Balaban J connectivity index is 1.38. The van der Waals surface area contributed by atoms with E-state index in [1.807, 2.05) is 13.8 Å². The molecule has 0 bridgehead atoms. The summed E-state index contributed by atoms with van der Waals surface area (Å²) in [4.78, 5) is 8.47. The van der Waals surface area contributed by atoms with E-state index in [0.717, 1.165) is 16.7 Å². The minimum atomic E-state index is -4.57. The van der Waals surface area contributed by atoms with Crippen LogP contribution in [0.4, 0.5) is 13.2 Å². The van der Waals surface area contributed by atoms with E-state index >= 15 is 0 Å². The van der Waals surface area contributed by atoms with Crippen LogP contribution in [0.15, 0.2) is 35.1 Å². The molecule has 4 heterocycles. The van der Waals surface area contributed by atoms with Crippen molar-refractivity contribution in [1.29, 1.82) is 0 Å². The number of ether oxygens (including phenoxy) is 3. The van der Waals surface area contributed by atoms with Gasteiger partial charge in [-0.2, -0.15) is 18.2 Å². The fourth-order valence-electron chi connectivity index (χ4n) is 3.59. The minimum Gasteiger partial charge on any atom is -0.489 e. The second kappa shape index (κ2) is 9.07. The molecule has 0 radical (unpaired) electrons. The van der Waals surface area contributed by atoms with Crippen LogP contribution in [0.1, 0.15) is 19.4 Å². The largest absolute Gasteiger partial charge is 0.489 e. The van der Waals surface area contributed by atoms with Crippen LogP contribution in [0.2, 0.25) is 15.1 Å². The van der Waals surface area contributed by atoms with E-state index < -0.39 is 17.5 Å². The number of imidazole rings is 1. The number of benzene rings is 1. The molecule has 14 heteroatoms. The lowest BCUT2D eigenvalue weighted by molar-refractivity contribution is -0.141. The van der Waals surface area contributed by atoms with Gasteiger partial charge < -0.3 is 23.1 Å². The van der Waals surface area contributed by atoms with Crippen molar-refractivity contribution in [3.8, 4) is 28.7 Å². The van der Waals surface area contributed by atoms with E-state index in [4.69, 9.17) is 53.5 Å². The summed E-state index contributed by atoms with van der Waals surface area (Å²) in [5, 5.41) is 4.20. The minimum absolute atomic E-state index is 0.0492. The number of rotatable bonds is 5. The Hall–Kier alpha value is -2.57. The lowest BCUT2D eigenvalue weighted by Crippen LogP contribution is -2.25. The number of fused-ring (bicyclic) bond motifs is 1. The molecule has 5 rings (SSSR count). The number of aromatic nitrogens is 4. The van der Waals surface area contributed by atoms with E-state index in [0.29, 0.717) is 17.9 Å². The zero-order chi connectivity index (χ0) is 25.8. The summed E-state index contributed by atoms with van der Waals surface area (Å²) in [5.41, 5.74) is -0.345. The third-order valence-electron chi connectivity index (χ3n) is 5.23. The van der Waals surface area contributed by atoms with E-state index in [1.54, 1.807) is 0 Å². The van der Waals surface area contributed by atoms with Crippen LogP contribution in [0.25, 0.3) is 28.6 Å². The predicted octanol–water partition coefficient (Wildman–Crippen LogP) is 6.56. The highest BCUT2D eigenvalue weighted by molar-refractivity contribution is 6.36. The van der Waals surface area contributed by atoms with Crippen molar-refractivity contribution in [2.45, 2.75) is 31.9 Å². The van der Waals surface area contributed by atoms with Crippen LogP contribution < -0.4 is 4.74 Å².